The Bertz CT molecular complexity index is 1130. The topological polar surface area (TPSA) is 93.3 Å². The quantitative estimate of drug-likeness (QED) is 0.376. The van der Waals surface area contributed by atoms with Gasteiger partial charge >= 0.3 is 0 Å². The van der Waals surface area contributed by atoms with Crippen molar-refractivity contribution in [3.05, 3.63) is 83.7 Å². The number of rotatable bonds is 4. The van der Waals surface area contributed by atoms with Gasteiger partial charge < -0.3 is 0 Å². The zero-order valence-electron chi connectivity index (χ0n) is 15.0. The summed E-state index contributed by atoms with van der Waals surface area (Å²) in [6.07, 6.45) is 1.37. The molecular formula is C19H17BrN4O3. The first kappa shape index (κ1) is 18.8. The second kappa shape index (κ2) is 7.32. The molecule has 1 N–H and O–H groups in total. The molecule has 3 rings (SSSR count). The van der Waals surface area contributed by atoms with E-state index < -0.39 is 4.92 Å². The number of nitro benzene ring substituents is 1. The highest BCUT2D eigenvalue weighted by Gasteiger charge is 2.15. The molecule has 138 valence electrons. The van der Waals surface area contributed by atoms with E-state index in [0.717, 1.165) is 21.3 Å². The lowest BCUT2D eigenvalue weighted by Crippen LogP contribution is -2.18. The van der Waals surface area contributed by atoms with Crippen molar-refractivity contribution in [1.29, 1.82) is 0 Å². The number of benzene rings is 2. The van der Waals surface area contributed by atoms with E-state index in [2.05, 4.69) is 26.0 Å². The molecule has 27 heavy (non-hydrogen) atoms. The number of aliphatic imine (C=N–C) groups is 1. The van der Waals surface area contributed by atoms with E-state index >= 15 is 0 Å². The van der Waals surface area contributed by atoms with Crippen molar-refractivity contribution in [2.24, 2.45) is 4.99 Å². The van der Waals surface area contributed by atoms with E-state index in [9.17, 15) is 14.9 Å². The zero-order chi connectivity index (χ0) is 19.7. The number of halogens is 1. The molecule has 0 amide bonds. The van der Waals surface area contributed by atoms with Gasteiger partial charge in [-0.2, -0.15) is 0 Å². The Balaban J connectivity index is 2.05. The van der Waals surface area contributed by atoms with Crippen LogP contribution in [0, 0.1) is 30.9 Å². The smallest absolute Gasteiger partial charge is 0.295 e. The average molecular weight is 429 g/mol. The molecule has 7 nitrogen and oxygen atoms in total. The van der Waals surface area contributed by atoms with E-state index in [1.54, 1.807) is 26.0 Å². The second-order valence-corrected chi connectivity index (χ2v) is 7.15. The van der Waals surface area contributed by atoms with E-state index in [1.807, 2.05) is 25.1 Å². The van der Waals surface area contributed by atoms with Crippen LogP contribution in [0.5, 0.6) is 0 Å². The van der Waals surface area contributed by atoms with E-state index in [4.69, 9.17) is 0 Å². The first-order chi connectivity index (χ1) is 12.8. The number of nitrogens with one attached hydrogen (secondary N) is 1. The summed E-state index contributed by atoms with van der Waals surface area (Å²) in [5, 5.41) is 14.3. The molecule has 1 aromatic heterocycles. The number of nitro groups is 1. The second-order valence-electron chi connectivity index (χ2n) is 6.23. The lowest BCUT2D eigenvalue weighted by atomic mass is 10.2. The molecule has 0 fully saturated rings. The lowest BCUT2D eigenvalue weighted by molar-refractivity contribution is -0.384. The molecule has 0 spiro atoms. The van der Waals surface area contributed by atoms with Gasteiger partial charge in [0.2, 0.25) is 0 Å². The summed E-state index contributed by atoms with van der Waals surface area (Å²) in [4.78, 5) is 27.8. The Kier molecular flexibility index (Phi) is 5.09. The first-order valence-corrected chi connectivity index (χ1v) is 8.94. The number of hydrogen-bond acceptors (Lipinski definition) is 4. The van der Waals surface area contributed by atoms with Crippen LogP contribution in [0.15, 0.2) is 50.7 Å². The van der Waals surface area contributed by atoms with Crippen molar-refractivity contribution < 1.29 is 4.92 Å². The van der Waals surface area contributed by atoms with Crippen molar-refractivity contribution in [3.63, 3.8) is 0 Å². The summed E-state index contributed by atoms with van der Waals surface area (Å²) in [5.41, 5.74) is 3.24. The number of aryl methyl sites for hydroxylation is 3. The number of hydrogen-bond donors (Lipinski definition) is 1. The lowest BCUT2D eigenvalue weighted by Gasteiger charge is -2.06. The summed E-state index contributed by atoms with van der Waals surface area (Å²) < 4.78 is 2.37. The highest BCUT2D eigenvalue weighted by molar-refractivity contribution is 9.10. The molecule has 0 unspecified atom stereocenters. The SMILES string of the molecule is Cc1ccc(N=Cc2c(C)[nH]n(-c3ccc(Br)cc3C)c2=O)c([N+](=O)[O-])c1. The summed E-state index contributed by atoms with van der Waals surface area (Å²) in [6, 6.07) is 10.4. The van der Waals surface area contributed by atoms with Gasteiger partial charge in [0, 0.05) is 22.4 Å². The fourth-order valence-corrected chi connectivity index (χ4v) is 3.25. The maximum Gasteiger partial charge on any atom is 0.295 e. The minimum Gasteiger partial charge on any atom is -0.295 e. The highest BCUT2D eigenvalue weighted by Crippen LogP contribution is 2.28. The molecule has 0 bridgehead atoms. The van der Waals surface area contributed by atoms with Gasteiger partial charge in [-0.25, -0.2) is 9.67 Å². The van der Waals surface area contributed by atoms with Crippen molar-refractivity contribution in [3.8, 4) is 5.69 Å². The maximum absolute atomic E-state index is 12.8. The number of nitrogens with zero attached hydrogens (tertiary/aromatic N) is 3. The fourth-order valence-electron chi connectivity index (χ4n) is 2.77. The summed E-state index contributed by atoms with van der Waals surface area (Å²) in [5.74, 6) is 0. The van der Waals surface area contributed by atoms with Gasteiger partial charge in [0.25, 0.3) is 11.2 Å². The number of H-pyrrole nitrogens is 1. The fraction of sp³-hybridized carbons (Fsp3) is 0.158. The molecule has 3 aromatic rings. The van der Waals surface area contributed by atoms with Gasteiger partial charge in [-0.15, -0.1) is 0 Å². The van der Waals surface area contributed by atoms with Crippen LogP contribution in [0.2, 0.25) is 0 Å². The van der Waals surface area contributed by atoms with Crippen LogP contribution in [0.25, 0.3) is 5.69 Å². The van der Waals surface area contributed by atoms with Crippen LogP contribution in [0.3, 0.4) is 0 Å². The maximum atomic E-state index is 12.8. The minimum atomic E-state index is -0.479. The molecule has 0 saturated heterocycles. The molecule has 0 aliphatic heterocycles. The van der Waals surface area contributed by atoms with Crippen LogP contribution in [-0.4, -0.2) is 20.9 Å². The highest BCUT2D eigenvalue weighted by atomic mass is 79.9. The molecule has 0 saturated carbocycles. The van der Waals surface area contributed by atoms with Gasteiger partial charge in [-0.1, -0.05) is 22.0 Å². The predicted octanol–water partition coefficient (Wildman–Crippen LogP) is 4.51. The van der Waals surface area contributed by atoms with Crippen LogP contribution in [-0.2, 0) is 0 Å². The van der Waals surface area contributed by atoms with E-state index in [1.165, 1.54) is 17.0 Å². The number of aromatic amines is 1. The Labute approximate surface area is 163 Å². The normalized spacial score (nSPS) is 11.3. The third-order valence-electron chi connectivity index (χ3n) is 4.18. The van der Waals surface area contributed by atoms with Crippen molar-refractivity contribution in [2.75, 3.05) is 0 Å². The van der Waals surface area contributed by atoms with Gasteiger partial charge in [0.15, 0.2) is 0 Å². The van der Waals surface area contributed by atoms with Gasteiger partial charge in [-0.3, -0.25) is 20.0 Å². The molecule has 2 aromatic carbocycles. The van der Waals surface area contributed by atoms with Crippen LogP contribution in [0.4, 0.5) is 11.4 Å². The Hall–Kier alpha value is -3.00. The van der Waals surface area contributed by atoms with Crippen LogP contribution < -0.4 is 5.56 Å². The molecule has 0 radical (unpaired) electrons. The van der Waals surface area contributed by atoms with Crippen LogP contribution >= 0.6 is 15.9 Å². The summed E-state index contributed by atoms with van der Waals surface area (Å²) >= 11 is 3.41. The van der Waals surface area contributed by atoms with Crippen molar-refractivity contribution in [1.82, 2.24) is 9.78 Å². The minimum absolute atomic E-state index is 0.0940. The third kappa shape index (κ3) is 3.75. The monoisotopic (exact) mass is 428 g/mol. The van der Waals surface area contributed by atoms with Crippen molar-refractivity contribution in [2.45, 2.75) is 20.8 Å². The predicted molar refractivity (Wildman–Crippen MR) is 109 cm³/mol. The molecular weight excluding hydrogens is 412 g/mol. The van der Waals surface area contributed by atoms with E-state index in [-0.39, 0.29) is 16.9 Å². The molecule has 0 aliphatic carbocycles. The average Bonchev–Trinajstić information content (AvgIpc) is 2.88. The van der Waals surface area contributed by atoms with E-state index in [0.29, 0.717) is 11.3 Å². The van der Waals surface area contributed by atoms with Gasteiger partial charge in [-0.05, 0) is 56.2 Å². The van der Waals surface area contributed by atoms with Gasteiger partial charge in [0.05, 0.1) is 16.2 Å². The summed E-state index contributed by atoms with van der Waals surface area (Å²) in [6.45, 7) is 5.44. The standard InChI is InChI=1S/C19H17BrN4O3/c1-11-4-6-16(18(8-11)24(26)27)21-10-15-13(3)22-23(19(15)25)17-7-5-14(20)9-12(17)2/h4-10,22H,1-3H3. The Morgan fingerprint density at radius 3 is 2.59 bits per heavy atom. The number of aromatic nitrogens is 2. The molecule has 8 heteroatoms. The Morgan fingerprint density at radius 2 is 1.93 bits per heavy atom. The Morgan fingerprint density at radius 1 is 1.19 bits per heavy atom. The summed E-state index contributed by atoms with van der Waals surface area (Å²) in [7, 11) is 0. The molecule has 1 heterocycles. The third-order valence-corrected chi connectivity index (χ3v) is 4.67. The van der Waals surface area contributed by atoms with Crippen molar-refractivity contribution >= 4 is 33.5 Å². The van der Waals surface area contributed by atoms with Gasteiger partial charge in [0.1, 0.15) is 5.69 Å². The first-order valence-electron chi connectivity index (χ1n) is 8.15. The molecule has 0 atom stereocenters. The largest absolute Gasteiger partial charge is 0.295 e. The zero-order valence-corrected chi connectivity index (χ0v) is 16.6. The molecule has 0 aliphatic rings. The van der Waals surface area contributed by atoms with Crippen LogP contribution in [0.1, 0.15) is 22.4 Å².